The smallest absolute Gasteiger partial charge is 0.250 e. The van der Waals surface area contributed by atoms with E-state index in [2.05, 4.69) is 20.9 Å². The third-order valence-corrected chi connectivity index (χ3v) is 1.96. The van der Waals surface area contributed by atoms with Gasteiger partial charge >= 0.3 is 0 Å². The summed E-state index contributed by atoms with van der Waals surface area (Å²) in [6, 6.07) is 0. The Labute approximate surface area is 77.7 Å². The molecule has 0 saturated heterocycles. The molecule has 0 radical (unpaired) electrons. The molecule has 0 spiro atoms. The Morgan fingerprint density at radius 3 is 2.82 bits per heavy atom. The van der Waals surface area contributed by atoms with E-state index in [4.69, 9.17) is 0 Å². The summed E-state index contributed by atoms with van der Waals surface area (Å²) in [7, 11) is 0. The van der Waals surface area contributed by atoms with Crippen LogP contribution in [-0.4, -0.2) is 34.6 Å². The molecule has 0 amide bonds. The maximum absolute atomic E-state index is 10.0. The molecule has 0 fully saturated rings. The van der Waals surface area contributed by atoms with Crippen LogP contribution in [0.2, 0.25) is 0 Å². The van der Waals surface area contributed by atoms with Gasteiger partial charge in [-0.05, 0) is 6.26 Å². The van der Waals surface area contributed by atoms with Gasteiger partial charge in [-0.2, -0.15) is 0 Å². The van der Waals surface area contributed by atoms with E-state index in [0.717, 1.165) is 5.33 Å². The van der Waals surface area contributed by atoms with Gasteiger partial charge in [0.2, 0.25) is 0 Å². The highest BCUT2D eigenvalue weighted by Gasteiger charge is 2.03. The van der Waals surface area contributed by atoms with Gasteiger partial charge in [-0.1, -0.05) is 15.9 Å². The molecule has 0 aromatic heterocycles. The molecular weight excluding hydrogens is 232 g/mol. The Bertz CT molecular complexity index is 163. The van der Waals surface area contributed by atoms with Gasteiger partial charge in [0.25, 0.3) is 6.54 Å². The van der Waals surface area contributed by atoms with E-state index in [1.165, 1.54) is 11.8 Å². The fraction of sp³-hybridized carbons (Fsp3) is 0.800. The quantitative estimate of drug-likeness (QED) is 0.246. The summed E-state index contributed by atoms with van der Waals surface area (Å²) in [6.45, 7) is 0.443. The molecule has 0 saturated carbocycles. The van der Waals surface area contributed by atoms with Crippen molar-refractivity contribution in [1.82, 2.24) is 0 Å². The second-order valence-corrected chi connectivity index (χ2v) is 3.33. The van der Waals surface area contributed by atoms with Crippen LogP contribution in [-0.2, 0) is 0 Å². The number of aliphatic imine (C=N–C) groups is 1. The van der Waals surface area contributed by atoms with Crippen LogP contribution >= 0.6 is 27.7 Å². The molecule has 64 valence electrons. The molecule has 0 atom stereocenters. The van der Waals surface area contributed by atoms with Crippen molar-refractivity contribution in [2.75, 3.05) is 24.7 Å². The number of thioether (sulfide) groups is 1. The first-order valence-corrected chi connectivity index (χ1v) is 5.30. The molecule has 0 rings (SSSR count). The molecule has 0 aromatic carbocycles. The maximum atomic E-state index is 10.0. The van der Waals surface area contributed by atoms with Crippen molar-refractivity contribution in [3.8, 4) is 0 Å². The normalized spacial score (nSPS) is 11.6. The highest BCUT2D eigenvalue weighted by Crippen LogP contribution is 1.98. The average Bonchev–Trinajstić information content (AvgIpc) is 1.97. The summed E-state index contributed by atoms with van der Waals surface area (Å²) in [5.41, 5.74) is 0. The van der Waals surface area contributed by atoms with Crippen LogP contribution in [0, 0.1) is 10.1 Å². The molecule has 6 heteroatoms. The molecule has 0 unspecified atom stereocenters. The summed E-state index contributed by atoms with van der Waals surface area (Å²) in [4.78, 5) is 13.7. The van der Waals surface area contributed by atoms with Crippen molar-refractivity contribution in [3.63, 3.8) is 0 Å². The van der Waals surface area contributed by atoms with E-state index in [1.807, 2.05) is 0 Å². The van der Waals surface area contributed by atoms with Crippen molar-refractivity contribution in [2.24, 2.45) is 4.99 Å². The van der Waals surface area contributed by atoms with E-state index in [1.54, 1.807) is 6.26 Å². The lowest BCUT2D eigenvalue weighted by molar-refractivity contribution is -0.462. The maximum Gasteiger partial charge on any atom is 0.250 e. The van der Waals surface area contributed by atoms with Crippen molar-refractivity contribution in [2.45, 2.75) is 0 Å². The minimum atomic E-state index is -0.371. The largest absolute Gasteiger partial charge is 0.275 e. The number of rotatable bonds is 4. The SMILES string of the molecule is CSC(C[N+](=O)[O-])=NCCBr. The highest BCUT2D eigenvalue weighted by molar-refractivity contribution is 9.09. The molecule has 0 aliphatic carbocycles. The third-order valence-electron chi connectivity index (χ3n) is 0.873. The summed E-state index contributed by atoms with van der Waals surface area (Å²) in [6.07, 6.45) is 1.79. The van der Waals surface area contributed by atoms with Gasteiger partial charge in [0.05, 0.1) is 0 Å². The Morgan fingerprint density at radius 2 is 2.45 bits per heavy atom. The van der Waals surface area contributed by atoms with Crippen molar-refractivity contribution in [3.05, 3.63) is 10.1 Å². The zero-order valence-electron chi connectivity index (χ0n) is 6.12. The zero-order valence-corrected chi connectivity index (χ0v) is 8.52. The first kappa shape index (κ1) is 10.9. The summed E-state index contributed by atoms with van der Waals surface area (Å²) >= 11 is 4.51. The number of hydrogen-bond donors (Lipinski definition) is 0. The number of nitrogens with zero attached hydrogens (tertiary/aromatic N) is 2. The van der Waals surface area contributed by atoms with E-state index in [0.29, 0.717) is 11.6 Å². The van der Waals surface area contributed by atoms with Crippen LogP contribution in [0.25, 0.3) is 0 Å². The Morgan fingerprint density at radius 1 is 1.82 bits per heavy atom. The van der Waals surface area contributed by atoms with Crippen molar-refractivity contribution >= 4 is 32.7 Å². The van der Waals surface area contributed by atoms with E-state index < -0.39 is 0 Å². The van der Waals surface area contributed by atoms with Crippen molar-refractivity contribution in [1.29, 1.82) is 0 Å². The Balaban J connectivity index is 3.83. The van der Waals surface area contributed by atoms with E-state index >= 15 is 0 Å². The first-order chi connectivity index (χ1) is 5.20. The lowest BCUT2D eigenvalue weighted by Crippen LogP contribution is -2.10. The second kappa shape index (κ2) is 6.60. The van der Waals surface area contributed by atoms with Crippen LogP contribution in [0.15, 0.2) is 4.99 Å². The number of halogens is 1. The van der Waals surface area contributed by atoms with Gasteiger partial charge in [-0.25, -0.2) is 0 Å². The third kappa shape index (κ3) is 6.30. The Kier molecular flexibility index (Phi) is 6.54. The predicted octanol–water partition coefficient (Wildman–Crippen LogP) is 1.42. The van der Waals surface area contributed by atoms with Crippen molar-refractivity contribution < 1.29 is 4.92 Å². The van der Waals surface area contributed by atoms with Crippen LogP contribution < -0.4 is 0 Å². The molecule has 0 N–H and O–H groups in total. The van der Waals surface area contributed by atoms with E-state index in [9.17, 15) is 10.1 Å². The van der Waals surface area contributed by atoms with Gasteiger partial charge in [0.1, 0.15) is 5.04 Å². The van der Waals surface area contributed by atoms with Gasteiger partial charge < -0.3 is 0 Å². The summed E-state index contributed by atoms with van der Waals surface area (Å²) in [5.74, 6) is 0. The first-order valence-electron chi connectivity index (χ1n) is 2.95. The molecule has 0 heterocycles. The number of hydrogen-bond acceptors (Lipinski definition) is 4. The zero-order chi connectivity index (χ0) is 8.69. The molecular formula is C5H9BrN2O2S. The Hall–Kier alpha value is -0.100. The van der Waals surface area contributed by atoms with Crippen LogP contribution in [0.4, 0.5) is 0 Å². The lowest BCUT2D eigenvalue weighted by Gasteiger charge is -1.95. The number of alkyl halides is 1. The van der Waals surface area contributed by atoms with E-state index in [-0.39, 0.29) is 11.5 Å². The van der Waals surface area contributed by atoms with Crippen LogP contribution in [0.1, 0.15) is 0 Å². The number of nitro groups is 1. The molecule has 0 bridgehead atoms. The lowest BCUT2D eigenvalue weighted by atomic mass is 10.7. The average molecular weight is 241 g/mol. The summed E-state index contributed by atoms with van der Waals surface area (Å²) < 4.78 is 0. The molecule has 0 aromatic rings. The predicted molar refractivity (Wildman–Crippen MR) is 51.5 cm³/mol. The fourth-order valence-corrected chi connectivity index (χ4v) is 1.09. The fourth-order valence-electron chi connectivity index (χ4n) is 0.456. The standard InChI is InChI=1S/C5H9BrN2O2S/c1-11-5(4-8(9)10)7-3-2-6/h2-4H2,1H3. The topological polar surface area (TPSA) is 55.5 Å². The monoisotopic (exact) mass is 240 g/mol. The highest BCUT2D eigenvalue weighted by atomic mass is 79.9. The second-order valence-electron chi connectivity index (χ2n) is 1.66. The molecule has 4 nitrogen and oxygen atoms in total. The van der Waals surface area contributed by atoms with Gasteiger partial charge in [-0.15, -0.1) is 11.8 Å². The minimum Gasteiger partial charge on any atom is -0.275 e. The van der Waals surface area contributed by atoms with Gasteiger partial charge in [-0.3, -0.25) is 15.1 Å². The van der Waals surface area contributed by atoms with Crippen LogP contribution in [0.3, 0.4) is 0 Å². The molecule has 11 heavy (non-hydrogen) atoms. The van der Waals surface area contributed by atoms with Crippen LogP contribution in [0.5, 0.6) is 0 Å². The molecule has 0 aliphatic heterocycles. The van der Waals surface area contributed by atoms with Gasteiger partial charge in [0, 0.05) is 16.8 Å². The summed E-state index contributed by atoms with van der Waals surface area (Å²) in [5, 5.41) is 11.4. The molecule has 0 aliphatic rings. The minimum absolute atomic E-state index is 0.159. The van der Waals surface area contributed by atoms with Gasteiger partial charge in [0.15, 0.2) is 0 Å².